The van der Waals surface area contributed by atoms with Crippen LogP contribution in [0, 0.1) is 11.3 Å². The van der Waals surface area contributed by atoms with E-state index in [0.29, 0.717) is 17.3 Å². The summed E-state index contributed by atoms with van der Waals surface area (Å²) in [7, 11) is 1.70. The smallest absolute Gasteiger partial charge is 0.133 e. The molecule has 1 aliphatic carbocycles. The fourth-order valence-corrected chi connectivity index (χ4v) is 3.40. The van der Waals surface area contributed by atoms with Gasteiger partial charge in [0.05, 0.1) is 11.6 Å². The Labute approximate surface area is 105 Å². The number of methoxy groups -OCH3 is 1. The van der Waals surface area contributed by atoms with E-state index in [0.717, 1.165) is 16.8 Å². The predicted molar refractivity (Wildman–Crippen MR) is 69.8 cm³/mol. The monoisotopic (exact) mass is 283 g/mol. The Balaban J connectivity index is 2.36. The SMILES string of the molecule is COc1cccc(C2C(CN)C2(C)C)c1Br. The van der Waals surface area contributed by atoms with Crippen LogP contribution in [-0.2, 0) is 0 Å². The van der Waals surface area contributed by atoms with Crippen LogP contribution in [0.1, 0.15) is 25.3 Å². The molecule has 2 unspecified atom stereocenters. The van der Waals surface area contributed by atoms with Gasteiger partial charge < -0.3 is 10.5 Å². The third-order valence-corrected chi connectivity index (χ3v) is 4.70. The van der Waals surface area contributed by atoms with Crippen LogP contribution < -0.4 is 10.5 Å². The summed E-state index contributed by atoms with van der Waals surface area (Å²) in [6.07, 6.45) is 0. The fourth-order valence-electron chi connectivity index (χ4n) is 2.73. The number of ether oxygens (including phenoxy) is 1. The fraction of sp³-hybridized carbons (Fsp3) is 0.538. The molecule has 0 radical (unpaired) electrons. The highest BCUT2D eigenvalue weighted by atomic mass is 79.9. The molecule has 2 rings (SSSR count). The van der Waals surface area contributed by atoms with Crippen LogP contribution in [0.25, 0.3) is 0 Å². The Morgan fingerprint density at radius 1 is 1.44 bits per heavy atom. The minimum absolute atomic E-state index is 0.309. The number of benzene rings is 1. The van der Waals surface area contributed by atoms with Crippen molar-refractivity contribution in [1.29, 1.82) is 0 Å². The van der Waals surface area contributed by atoms with Crippen molar-refractivity contribution < 1.29 is 4.74 Å². The second kappa shape index (κ2) is 4.04. The van der Waals surface area contributed by atoms with Crippen molar-refractivity contribution in [1.82, 2.24) is 0 Å². The van der Waals surface area contributed by atoms with Gasteiger partial charge in [0.1, 0.15) is 5.75 Å². The summed E-state index contributed by atoms with van der Waals surface area (Å²) in [5.74, 6) is 2.02. The summed E-state index contributed by atoms with van der Waals surface area (Å²) in [6.45, 7) is 5.31. The maximum absolute atomic E-state index is 5.81. The van der Waals surface area contributed by atoms with Gasteiger partial charge in [-0.25, -0.2) is 0 Å². The lowest BCUT2D eigenvalue weighted by atomic mass is 10.0. The second-order valence-corrected chi connectivity index (χ2v) is 5.80. The standard InChI is InChI=1S/C13H18BrNO/c1-13(2)9(7-15)11(13)8-5-4-6-10(16-3)12(8)14/h4-6,9,11H,7,15H2,1-3H3. The Hall–Kier alpha value is -0.540. The van der Waals surface area contributed by atoms with E-state index in [-0.39, 0.29) is 0 Å². The number of halogens is 1. The Bertz CT molecular complexity index is 403. The van der Waals surface area contributed by atoms with E-state index in [4.69, 9.17) is 10.5 Å². The first kappa shape index (κ1) is 11.9. The van der Waals surface area contributed by atoms with E-state index in [1.807, 2.05) is 12.1 Å². The van der Waals surface area contributed by atoms with Crippen molar-refractivity contribution >= 4 is 15.9 Å². The van der Waals surface area contributed by atoms with Crippen molar-refractivity contribution in [3.63, 3.8) is 0 Å². The molecule has 0 heterocycles. The zero-order chi connectivity index (χ0) is 11.9. The van der Waals surface area contributed by atoms with Gasteiger partial charge in [-0.1, -0.05) is 26.0 Å². The molecule has 2 N–H and O–H groups in total. The summed E-state index contributed by atoms with van der Waals surface area (Å²) < 4.78 is 6.40. The summed E-state index contributed by atoms with van der Waals surface area (Å²) in [6, 6.07) is 6.18. The van der Waals surface area contributed by atoms with Crippen LogP contribution in [0.4, 0.5) is 0 Å². The Morgan fingerprint density at radius 2 is 2.12 bits per heavy atom. The Kier molecular flexibility index (Phi) is 3.01. The van der Waals surface area contributed by atoms with E-state index < -0.39 is 0 Å². The lowest BCUT2D eigenvalue weighted by molar-refractivity contribution is 0.411. The first-order valence-corrected chi connectivity index (χ1v) is 6.35. The zero-order valence-electron chi connectivity index (χ0n) is 9.96. The zero-order valence-corrected chi connectivity index (χ0v) is 11.5. The van der Waals surface area contributed by atoms with Crippen LogP contribution in [0.2, 0.25) is 0 Å². The topological polar surface area (TPSA) is 35.2 Å². The maximum atomic E-state index is 5.81. The first-order valence-electron chi connectivity index (χ1n) is 5.56. The number of nitrogens with two attached hydrogens (primary N) is 1. The van der Waals surface area contributed by atoms with Gasteiger partial charge in [0.15, 0.2) is 0 Å². The maximum Gasteiger partial charge on any atom is 0.133 e. The molecule has 1 aromatic carbocycles. The number of hydrogen-bond acceptors (Lipinski definition) is 2. The van der Waals surface area contributed by atoms with Crippen molar-refractivity contribution in [3.8, 4) is 5.75 Å². The van der Waals surface area contributed by atoms with Crippen LogP contribution in [0.5, 0.6) is 5.75 Å². The van der Waals surface area contributed by atoms with Crippen molar-refractivity contribution in [2.24, 2.45) is 17.1 Å². The highest BCUT2D eigenvalue weighted by Crippen LogP contribution is 2.65. The molecular weight excluding hydrogens is 266 g/mol. The highest BCUT2D eigenvalue weighted by Gasteiger charge is 2.57. The van der Waals surface area contributed by atoms with E-state index >= 15 is 0 Å². The largest absolute Gasteiger partial charge is 0.496 e. The van der Waals surface area contributed by atoms with Gasteiger partial charge in [-0.3, -0.25) is 0 Å². The molecule has 1 aromatic rings. The second-order valence-electron chi connectivity index (χ2n) is 5.00. The lowest BCUT2D eigenvalue weighted by Crippen LogP contribution is -2.05. The molecule has 0 spiro atoms. The molecule has 2 nitrogen and oxygen atoms in total. The molecule has 1 saturated carbocycles. The molecule has 0 aromatic heterocycles. The molecule has 0 aliphatic heterocycles. The van der Waals surface area contributed by atoms with Gasteiger partial charge in [0, 0.05) is 0 Å². The summed E-state index contributed by atoms with van der Waals surface area (Å²) >= 11 is 3.62. The third kappa shape index (κ3) is 1.66. The van der Waals surface area contributed by atoms with Crippen LogP contribution in [0.3, 0.4) is 0 Å². The predicted octanol–water partition coefficient (Wildman–Crippen LogP) is 3.16. The summed E-state index contributed by atoms with van der Waals surface area (Å²) in [5.41, 5.74) is 7.44. The molecular formula is C13H18BrNO. The molecule has 16 heavy (non-hydrogen) atoms. The normalized spacial score (nSPS) is 26.6. The van der Waals surface area contributed by atoms with Gasteiger partial charge in [-0.05, 0) is 51.4 Å². The van der Waals surface area contributed by atoms with E-state index in [2.05, 4.69) is 35.8 Å². The van der Waals surface area contributed by atoms with Gasteiger partial charge in [-0.2, -0.15) is 0 Å². The molecule has 88 valence electrons. The Morgan fingerprint density at radius 3 is 2.62 bits per heavy atom. The average Bonchev–Trinajstić information content (AvgIpc) is 2.80. The van der Waals surface area contributed by atoms with Gasteiger partial charge >= 0.3 is 0 Å². The molecule has 1 aliphatic rings. The molecule has 2 atom stereocenters. The summed E-state index contributed by atoms with van der Waals surface area (Å²) in [4.78, 5) is 0. The van der Waals surface area contributed by atoms with Crippen molar-refractivity contribution in [2.45, 2.75) is 19.8 Å². The highest BCUT2D eigenvalue weighted by molar-refractivity contribution is 9.10. The van der Waals surface area contributed by atoms with Crippen molar-refractivity contribution in [3.05, 3.63) is 28.2 Å². The molecule has 0 saturated heterocycles. The number of hydrogen-bond donors (Lipinski definition) is 1. The first-order chi connectivity index (χ1) is 7.54. The molecule has 0 bridgehead atoms. The summed E-state index contributed by atoms with van der Waals surface area (Å²) in [5, 5.41) is 0. The third-order valence-electron chi connectivity index (χ3n) is 3.85. The minimum atomic E-state index is 0.309. The van der Waals surface area contributed by atoms with Crippen LogP contribution in [0.15, 0.2) is 22.7 Å². The quantitative estimate of drug-likeness (QED) is 0.925. The average molecular weight is 284 g/mol. The molecule has 0 amide bonds. The molecule has 1 fully saturated rings. The van der Waals surface area contributed by atoms with Gasteiger partial charge in [0.2, 0.25) is 0 Å². The van der Waals surface area contributed by atoms with Crippen LogP contribution >= 0.6 is 15.9 Å². The van der Waals surface area contributed by atoms with Crippen LogP contribution in [-0.4, -0.2) is 13.7 Å². The minimum Gasteiger partial charge on any atom is -0.496 e. The van der Waals surface area contributed by atoms with E-state index in [1.165, 1.54) is 5.56 Å². The molecule has 3 heteroatoms. The van der Waals surface area contributed by atoms with E-state index in [1.54, 1.807) is 7.11 Å². The lowest BCUT2D eigenvalue weighted by Gasteiger charge is -2.09. The van der Waals surface area contributed by atoms with E-state index in [9.17, 15) is 0 Å². The van der Waals surface area contributed by atoms with Crippen molar-refractivity contribution in [2.75, 3.05) is 13.7 Å². The van der Waals surface area contributed by atoms with Gasteiger partial charge in [0.25, 0.3) is 0 Å². The number of rotatable bonds is 3. The van der Waals surface area contributed by atoms with Gasteiger partial charge in [-0.15, -0.1) is 0 Å².